The Balaban J connectivity index is 2.30. The number of benzene rings is 1. The Labute approximate surface area is 101 Å². The summed E-state index contributed by atoms with van der Waals surface area (Å²) < 4.78 is 1.20. The van der Waals surface area contributed by atoms with Crippen LogP contribution in [0.1, 0.15) is 32.3 Å². The van der Waals surface area contributed by atoms with E-state index in [1.807, 2.05) is 0 Å². The number of hydrogen-bond acceptors (Lipinski definition) is 1. The molecule has 0 aliphatic carbocycles. The first-order chi connectivity index (χ1) is 7.20. The quantitative estimate of drug-likeness (QED) is 0.783. The molecule has 1 fully saturated rings. The van der Waals surface area contributed by atoms with Gasteiger partial charge in [-0.05, 0) is 49.9 Å². The van der Waals surface area contributed by atoms with Crippen LogP contribution in [0.3, 0.4) is 0 Å². The van der Waals surface area contributed by atoms with Gasteiger partial charge < -0.3 is 4.90 Å². The van der Waals surface area contributed by atoms with Crippen molar-refractivity contribution >= 4 is 21.6 Å². The van der Waals surface area contributed by atoms with Crippen molar-refractivity contribution in [2.24, 2.45) is 0 Å². The van der Waals surface area contributed by atoms with E-state index in [2.05, 4.69) is 52.9 Å². The highest BCUT2D eigenvalue weighted by Gasteiger charge is 2.20. The molecule has 82 valence electrons. The molecule has 0 saturated carbocycles. The van der Waals surface area contributed by atoms with E-state index in [1.54, 1.807) is 0 Å². The smallest absolute Gasteiger partial charge is 0.0382 e. The van der Waals surface area contributed by atoms with E-state index < -0.39 is 0 Å². The van der Waals surface area contributed by atoms with Gasteiger partial charge in [0.1, 0.15) is 0 Å². The monoisotopic (exact) mass is 267 g/mol. The summed E-state index contributed by atoms with van der Waals surface area (Å²) in [6, 6.07) is 7.47. The molecule has 0 spiro atoms. The van der Waals surface area contributed by atoms with Crippen LogP contribution in [0, 0.1) is 0 Å². The van der Waals surface area contributed by atoms with Crippen LogP contribution >= 0.6 is 15.9 Å². The number of aryl methyl sites for hydroxylation is 1. The second kappa shape index (κ2) is 4.56. The lowest BCUT2D eigenvalue weighted by atomic mass is 10.1. The van der Waals surface area contributed by atoms with Crippen molar-refractivity contribution in [3.8, 4) is 0 Å². The SMILES string of the molecule is CCc1cc(Br)cc(N2CCC[C@H]2C)c1. The van der Waals surface area contributed by atoms with Crippen LogP contribution < -0.4 is 4.90 Å². The van der Waals surface area contributed by atoms with Gasteiger partial charge in [0.2, 0.25) is 0 Å². The Kier molecular flexibility index (Phi) is 3.35. The minimum Gasteiger partial charge on any atom is -0.369 e. The predicted octanol–water partition coefficient (Wildman–Crippen LogP) is 4.00. The Hall–Kier alpha value is -0.500. The molecular weight excluding hydrogens is 250 g/mol. The number of rotatable bonds is 2. The first-order valence-corrected chi connectivity index (χ1v) is 6.56. The van der Waals surface area contributed by atoms with E-state index in [0.717, 1.165) is 6.42 Å². The van der Waals surface area contributed by atoms with Crippen molar-refractivity contribution in [3.63, 3.8) is 0 Å². The molecule has 1 atom stereocenters. The van der Waals surface area contributed by atoms with Gasteiger partial charge >= 0.3 is 0 Å². The molecule has 1 aromatic rings. The van der Waals surface area contributed by atoms with Crippen LogP contribution in [0.25, 0.3) is 0 Å². The zero-order chi connectivity index (χ0) is 10.8. The first kappa shape index (κ1) is 11.0. The van der Waals surface area contributed by atoms with Crippen molar-refractivity contribution in [2.75, 3.05) is 11.4 Å². The fourth-order valence-electron chi connectivity index (χ4n) is 2.32. The van der Waals surface area contributed by atoms with E-state index in [0.29, 0.717) is 6.04 Å². The van der Waals surface area contributed by atoms with Crippen molar-refractivity contribution < 1.29 is 0 Å². The van der Waals surface area contributed by atoms with Gasteiger partial charge in [0.15, 0.2) is 0 Å². The van der Waals surface area contributed by atoms with Crippen LogP contribution in [0.15, 0.2) is 22.7 Å². The van der Waals surface area contributed by atoms with Crippen LogP contribution in [0.4, 0.5) is 5.69 Å². The van der Waals surface area contributed by atoms with Crippen molar-refractivity contribution in [1.82, 2.24) is 0 Å². The summed E-state index contributed by atoms with van der Waals surface area (Å²) in [5, 5.41) is 0. The summed E-state index contributed by atoms with van der Waals surface area (Å²) >= 11 is 3.59. The highest BCUT2D eigenvalue weighted by atomic mass is 79.9. The van der Waals surface area contributed by atoms with Crippen molar-refractivity contribution in [3.05, 3.63) is 28.2 Å². The van der Waals surface area contributed by atoms with Crippen LogP contribution in [-0.4, -0.2) is 12.6 Å². The summed E-state index contributed by atoms with van der Waals surface area (Å²) in [5.41, 5.74) is 2.80. The maximum Gasteiger partial charge on any atom is 0.0382 e. The third-order valence-corrected chi connectivity index (χ3v) is 3.69. The van der Waals surface area contributed by atoms with Gasteiger partial charge in [-0.15, -0.1) is 0 Å². The molecule has 0 radical (unpaired) electrons. The lowest BCUT2D eigenvalue weighted by Crippen LogP contribution is -2.26. The van der Waals surface area contributed by atoms with Gasteiger partial charge in [-0.1, -0.05) is 22.9 Å². The standard InChI is InChI=1S/C13H18BrN/c1-3-11-7-12(14)9-13(8-11)15-6-4-5-10(15)2/h7-10H,3-6H2,1-2H3/t10-/m1/s1. The van der Waals surface area contributed by atoms with E-state index in [9.17, 15) is 0 Å². The van der Waals surface area contributed by atoms with E-state index in [4.69, 9.17) is 0 Å². The molecule has 15 heavy (non-hydrogen) atoms. The van der Waals surface area contributed by atoms with Gasteiger partial charge in [-0.2, -0.15) is 0 Å². The van der Waals surface area contributed by atoms with Gasteiger partial charge in [0.25, 0.3) is 0 Å². The predicted molar refractivity (Wildman–Crippen MR) is 69.6 cm³/mol. The minimum absolute atomic E-state index is 0.698. The first-order valence-electron chi connectivity index (χ1n) is 5.77. The average molecular weight is 268 g/mol. The topological polar surface area (TPSA) is 3.24 Å². The Bertz CT molecular complexity index is 348. The normalized spacial score (nSPS) is 21.0. The molecule has 1 aliphatic rings. The summed E-state index contributed by atoms with van der Waals surface area (Å²) in [5.74, 6) is 0. The van der Waals surface area contributed by atoms with Crippen molar-refractivity contribution in [1.29, 1.82) is 0 Å². The highest BCUT2D eigenvalue weighted by molar-refractivity contribution is 9.10. The molecule has 0 aromatic heterocycles. The number of anilines is 1. The average Bonchev–Trinajstić information content (AvgIpc) is 2.63. The fourth-order valence-corrected chi connectivity index (χ4v) is 2.85. The summed E-state index contributed by atoms with van der Waals surface area (Å²) in [6.07, 6.45) is 3.76. The van der Waals surface area contributed by atoms with Gasteiger partial charge in [0.05, 0.1) is 0 Å². The van der Waals surface area contributed by atoms with Crippen molar-refractivity contribution in [2.45, 2.75) is 39.2 Å². The third-order valence-electron chi connectivity index (χ3n) is 3.24. The zero-order valence-electron chi connectivity index (χ0n) is 9.46. The number of hydrogen-bond donors (Lipinski definition) is 0. The fraction of sp³-hybridized carbons (Fsp3) is 0.538. The maximum atomic E-state index is 3.59. The molecule has 0 unspecified atom stereocenters. The summed E-state index contributed by atoms with van der Waals surface area (Å²) in [4.78, 5) is 2.52. The largest absolute Gasteiger partial charge is 0.369 e. The molecule has 1 saturated heterocycles. The lowest BCUT2D eigenvalue weighted by Gasteiger charge is -2.24. The minimum atomic E-state index is 0.698. The van der Waals surface area contributed by atoms with Crippen LogP contribution in [0.2, 0.25) is 0 Å². The number of halogens is 1. The molecule has 0 bridgehead atoms. The third kappa shape index (κ3) is 2.36. The lowest BCUT2D eigenvalue weighted by molar-refractivity contribution is 0.734. The van der Waals surface area contributed by atoms with E-state index in [-0.39, 0.29) is 0 Å². The second-order valence-electron chi connectivity index (χ2n) is 4.36. The molecular formula is C13H18BrN. The van der Waals surface area contributed by atoms with Gasteiger partial charge in [-0.3, -0.25) is 0 Å². The second-order valence-corrected chi connectivity index (χ2v) is 5.27. The number of nitrogens with zero attached hydrogens (tertiary/aromatic N) is 1. The van der Waals surface area contributed by atoms with Crippen LogP contribution in [-0.2, 0) is 6.42 Å². The van der Waals surface area contributed by atoms with E-state index in [1.165, 1.54) is 35.1 Å². The maximum absolute atomic E-state index is 3.59. The molecule has 0 N–H and O–H groups in total. The summed E-state index contributed by atoms with van der Waals surface area (Å²) in [6.45, 7) is 5.74. The van der Waals surface area contributed by atoms with Gasteiger partial charge in [-0.25, -0.2) is 0 Å². The molecule has 1 nitrogen and oxygen atoms in total. The Morgan fingerprint density at radius 2 is 2.20 bits per heavy atom. The molecule has 2 rings (SSSR count). The van der Waals surface area contributed by atoms with Gasteiger partial charge in [0, 0.05) is 22.7 Å². The molecule has 1 heterocycles. The van der Waals surface area contributed by atoms with Crippen LogP contribution in [0.5, 0.6) is 0 Å². The Morgan fingerprint density at radius 3 is 2.80 bits per heavy atom. The molecule has 1 aliphatic heterocycles. The zero-order valence-corrected chi connectivity index (χ0v) is 11.0. The highest BCUT2D eigenvalue weighted by Crippen LogP contribution is 2.29. The molecule has 1 aromatic carbocycles. The Morgan fingerprint density at radius 1 is 1.40 bits per heavy atom. The molecule has 0 amide bonds. The summed E-state index contributed by atoms with van der Waals surface area (Å²) in [7, 11) is 0. The van der Waals surface area contributed by atoms with E-state index >= 15 is 0 Å². The molecule has 2 heteroatoms.